The summed E-state index contributed by atoms with van der Waals surface area (Å²) in [5, 5.41) is 0. The molecular weight excluding hydrogens is 286 g/mol. The first-order valence-electron chi connectivity index (χ1n) is 8.22. The molecule has 0 bridgehead atoms. The lowest BCUT2D eigenvalue weighted by Crippen LogP contribution is -2.39. The molecule has 0 radical (unpaired) electrons. The summed E-state index contributed by atoms with van der Waals surface area (Å²) in [6.07, 6.45) is 0.820. The molecule has 3 rings (SSSR count). The smallest absolute Gasteiger partial charge is 0.310 e. The Bertz CT molecular complexity index is 585. The standard InChI is InChI=1S/C20H23NO2/c1-16(19-12-13-23-20(19)22)21(14-17-8-4-2-5-9-17)15-18-10-6-3-7-11-18/h2-11,16,19H,12-15H2,1H3/t16-,19?/m0/s1. The van der Waals surface area contributed by atoms with Crippen molar-refractivity contribution in [3.8, 4) is 0 Å². The van der Waals surface area contributed by atoms with Gasteiger partial charge in [0.2, 0.25) is 0 Å². The molecular formula is C20H23NO2. The highest BCUT2D eigenvalue weighted by Gasteiger charge is 2.34. The molecule has 1 fully saturated rings. The number of cyclic esters (lactones) is 1. The van der Waals surface area contributed by atoms with Gasteiger partial charge in [-0.25, -0.2) is 0 Å². The predicted molar refractivity (Wildman–Crippen MR) is 90.7 cm³/mol. The number of carbonyl (C=O) groups is 1. The molecule has 0 aliphatic carbocycles. The minimum absolute atomic E-state index is 0.0255. The van der Waals surface area contributed by atoms with E-state index in [1.54, 1.807) is 0 Å². The van der Waals surface area contributed by atoms with Gasteiger partial charge in [-0.15, -0.1) is 0 Å². The number of rotatable bonds is 6. The quantitative estimate of drug-likeness (QED) is 0.763. The molecule has 3 nitrogen and oxygen atoms in total. The van der Waals surface area contributed by atoms with Crippen molar-refractivity contribution in [1.29, 1.82) is 0 Å². The second-order valence-electron chi connectivity index (χ2n) is 6.18. The Morgan fingerprint density at radius 1 is 1.00 bits per heavy atom. The van der Waals surface area contributed by atoms with Crippen LogP contribution in [-0.2, 0) is 22.6 Å². The summed E-state index contributed by atoms with van der Waals surface area (Å²) in [5.41, 5.74) is 2.53. The molecule has 120 valence electrons. The maximum Gasteiger partial charge on any atom is 0.310 e. The summed E-state index contributed by atoms with van der Waals surface area (Å²) >= 11 is 0. The van der Waals surface area contributed by atoms with E-state index >= 15 is 0 Å². The third-order valence-corrected chi connectivity index (χ3v) is 4.59. The third-order valence-electron chi connectivity index (χ3n) is 4.59. The normalized spacial score (nSPS) is 18.9. The number of esters is 1. The van der Waals surface area contributed by atoms with Crippen LogP contribution in [0.1, 0.15) is 24.5 Å². The average Bonchev–Trinajstić information content (AvgIpc) is 3.01. The fourth-order valence-corrected chi connectivity index (χ4v) is 3.18. The second-order valence-corrected chi connectivity index (χ2v) is 6.18. The Hall–Kier alpha value is -2.13. The van der Waals surface area contributed by atoms with Gasteiger partial charge in [0.25, 0.3) is 0 Å². The molecule has 3 heteroatoms. The van der Waals surface area contributed by atoms with Crippen molar-refractivity contribution in [2.45, 2.75) is 32.5 Å². The van der Waals surface area contributed by atoms with Crippen LogP contribution < -0.4 is 0 Å². The van der Waals surface area contributed by atoms with Gasteiger partial charge in [-0.2, -0.15) is 0 Å². The van der Waals surface area contributed by atoms with E-state index in [4.69, 9.17) is 4.74 Å². The molecule has 2 aromatic carbocycles. The number of hydrogen-bond donors (Lipinski definition) is 0. The number of hydrogen-bond acceptors (Lipinski definition) is 3. The van der Waals surface area contributed by atoms with Crippen molar-refractivity contribution in [2.75, 3.05) is 6.61 Å². The summed E-state index contributed by atoms with van der Waals surface area (Å²) in [5.74, 6) is -0.0777. The molecule has 0 saturated carbocycles. The monoisotopic (exact) mass is 309 g/mol. The molecule has 2 atom stereocenters. The number of ether oxygens (including phenoxy) is 1. The zero-order chi connectivity index (χ0) is 16.1. The van der Waals surface area contributed by atoms with Crippen molar-refractivity contribution < 1.29 is 9.53 Å². The molecule has 0 spiro atoms. The van der Waals surface area contributed by atoms with E-state index in [9.17, 15) is 4.79 Å². The fourth-order valence-electron chi connectivity index (χ4n) is 3.18. The van der Waals surface area contributed by atoms with Gasteiger partial charge in [-0.1, -0.05) is 60.7 Å². The van der Waals surface area contributed by atoms with Crippen LogP contribution in [0.4, 0.5) is 0 Å². The average molecular weight is 309 g/mol. The van der Waals surface area contributed by atoms with Gasteiger partial charge in [0.1, 0.15) is 0 Å². The first-order chi connectivity index (χ1) is 11.2. The van der Waals surface area contributed by atoms with E-state index in [-0.39, 0.29) is 17.9 Å². The Morgan fingerprint density at radius 3 is 1.96 bits per heavy atom. The molecule has 0 amide bonds. The fraction of sp³-hybridized carbons (Fsp3) is 0.350. The molecule has 2 aromatic rings. The van der Waals surface area contributed by atoms with Gasteiger partial charge in [0.15, 0.2) is 0 Å². The van der Waals surface area contributed by atoms with E-state index < -0.39 is 0 Å². The molecule has 1 aliphatic rings. The van der Waals surface area contributed by atoms with Crippen LogP contribution in [0.25, 0.3) is 0 Å². The highest BCUT2D eigenvalue weighted by molar-refractivity contribution is 5.74. The molecule has 1 heterocycles. The van der Waals surface area contributed by atoms with E-state index in [0.717, 1.165) is 19.5 Å². The first kappa shape index (κ1) is 15.8. The summed E-state index contributed by atoms with van der Waals surface area (Å²) in [7, 11) is 0. The maximum absolute atomic E-state index is 12.0. The van der Waals surface area contributed by atoms with Crippen molar-refractivity contribution in [1.82, 2.24) is 4.90 Å². The van der Waals surface area contributed by atoms with Gasteiger partial charge in [0, 0.05) is 19.1 Å². The van der Waals surface area contributed by atoms with Crippen LogP contribution in [0, 0.1) is 5.92 Å². The molecule has 23 heavy (non-hydrogen) atoms. The minimum Gasteiger partial charge on any atom is -0.465 e. The number of benzene rings is 2. The predicted octanol–water partition coefficient (Wildman–Crippen LogP) is 3.64. The van der Waals surface area contributed by atoms with Crippen LogP contribution in [0.5, 0.6) is 0 Å². The van der Waals surface area contributed by atoms with Crippen molar-refractivity contribution in [3.05, 3.63) is 71.8 Å². The lowest BCUT2D eigenvalue weighted by molar-refractivity contribution is -0.143. The second kappa shape index (κ2) is 7.42. The highest BCUT2D eigenvalue weighted by atomic mass is 16.5. The summed E-state index contributed by atoms with van der Waals surface area (Å²) in [4.78, 5) is 14.4. The van der Waals surface area contributed by atoms with Gasteiger partial charge in [-0.3, -0.25) is 9.69 Å². The van der Waals surface area contributed by atoms with Crippen LogP contribution >= 0.6 is 0 Å². The Kier molecular flexibility index (Phi) is 5.09. The topological polar surface area (TPSA) is 29.5 Å². The molecule has 1 aliphatic heterocycles. The van der Waals surface area contributed by atoms with Crippen molar-refractivity contribution in [2.24, 2.45) is 5.92 Å². The highest BCUT2D eigenvalue weighted by Crippen LogP contribution is 2.25. The lowest BCUT2D eigenvalue weighted by Gasteiger charge is -2.31. The zero-order valence-electron chi connectivity index (χ0n) is 13.5. The molecule has 1 unspecified atom stereocenters. The maximum atomic E-state index is 12.0. The minimum atomic E-state index is -0.0522. The number of nitrogens with zero attached hydrogens (tertiary/aromatic N) is 1. The van der Waals surface area contributed by atoms with E-state index in [1.807, 2.05) is 12.1 Å². The van der Waals surface area contributed by atoms with Crippen LogP contribution in [0.2, 0.25) is 0 Å². The van der Waals surface area contributed by atoms with Crippen LogP contribution in [-0.4, -0.2) is 23.5 Å². The van der Waals surface area contributed by atoms with E-state index in [1.165, 1.54) is 11.1 Å². The Morgan fingerprint density at radius 2 is 1.52 bits per heavy atom. The van der Waals surface area contributed by atoms with Crippen molar-refractivity contribution in [3.63, 3.8) is 0 Å². The van der Waals surface area contributed by atoms with Gasteiger partial charge in [0.05, 0.1) is 12.5 Å². The summed E-state index contributed by atoms with van der Waals surface area (Å²) in [6, 6.07) is 21.0. The van der Waals surface area contributed by atoms with Gasteiger partial charge >= 0.3 is 5.97 Å². The van der Waals surface area contributed by atoms with Crippen LogP contribution in [0.15, 0.2) is 60.7 Å². The van der Waals surface area contributed by atoms with Gasteiger partial charge < -0.3 is 4.74 Å². The van der Waals surface area contributed by atoms with Crippen LogP contribution in [0.3, 0.4) is 0 Å². The van der Waals surface area contributed by atoms with Crippen molar-refractivity contribution >= 4 is 5.97 Å². The Labute approximate surface area is 137 Å². The third kappa shape index (κ3) is 3.99. The Balaban J connectivity index is 1.78. The SMILES string of the molecule is C[C@@H](C1CCOC1=O)N(Cc1ccccc1)Cc1ccccc1. The molecule has 0 N–H and O–H groups in total. The van der Waals surface area contributed by atoms with Gasteiger partial charge in [-0.05, 0) is 24.5 Å². The van der Waals surface area contributed by atoms with E-state index in [2.05, 4.69) is 60.4 Å². The lowest BCUT2D eigenvalue weighted by atomic mass is 9.97. The largest absolute Gasteiger partial charge is 0.465 e. The number of carbonyl (C=O) groups excluding carboxylic acids is 1. The molecule has 0 aromatic heterocycles. The zero-order valence-corrected chi connectivity index (χ0v) is 13.5. The molecule has 1 saturated heterocycles. The first-order valence-corrected chi connectivity index (χ1v) is 8.22. The van der Waals surface area contributed by atoms with E-state index in [0.29, 0.717) is 6.61 Å². The summed E-state index contributed by atoms with van der Waals surface area (Å²) < 4.78 is 5.17. The summed E-state index contributed by atoms with van der Waals surface area (Å²) in [6.45, 7) is 4.36.